The lowest BCUT2D eigenvalue weighted by atomic mass is 9.82. The van der Waals surface area contributed by atoms with E-state index in [1.807, 2.05) is 11.8 Å². The highest BCUT2D eigenvalue weighted by Crippen LogP contribution is 2.57. The second kappa shape index (κ2) is 2.44. The average Bonchev–Trinajstić information content (AvgIpc) is 2.95. The maximum atomic E-state index is 11.4. The molecule has 0 aromatic rings. The standard InChI is InChI=1S/C10H15NOS/c1-13-10(4-5-10)8-7(6-2-3-6)9(12)11-8/h6-8H,2-5H2,1H3,(H,11,12). The van der Waals surface area contributed by atoms with Gasteiger partial charge in [0.05, 0.1) is 12.0 Å². The zero-order valence-electron chi connectivity index (χ0n) is 7.88. The van der Waals surface area contributed by atoms with Crippen LogP contribution in [0.5, 0.6) is 0 Å². The predicted octanol–water partition coefficient (Wildman–Crippen LogP) is 1.41. The third-order valence-corrected chi connectivity index (χ3v) is 5.28. The lowest BCUT2D eigenvalue weighted by Gasteiger charge is -2.42. The summed E-state index contributed by atoms with van der Waals surface area (Å²) in [5.41, 5.74) is 0. The van der Waals surface area contributed by atoms with Gasteiger partial charge in [-0.3, -0.25) is 4.79 Å². The zero-order chi connectivity index (χ0) is 9.05. The van der Waals surface area contributed by atoms with E-state index in [2.05, 4.69) is 11.6 Å². The van der Waals surface area contributed by atoms with Gasteiger partial charge < -0.3 is 5.32 Å². The second-order valence-corrected chi connectivity index (χ2v) is 5.84. The molecule has 0 aromatic carbocycles. The van der Waals surface area contributed by atoms with Crippen molar-refractivity contribution in [1.29, 1.82) is 0 Å². The van der Waals surface area contributed by atoms with Crippen molar-refractivity contribution in [3.05, 3.63) is 0 Å². The molecule has 3 aliphatic rings. The molecule has 3 heteroatoms. The van der Waals surface area contributed by atoms with Crippen molar-refractivity contribution in [2.45, 2.75) is 36.5 Å². The third-order valence-electron chi connectivity index (χ3n) is 3.81. The molecule has 2 atom stereocenters. The summed E-state index contributed by atoms with van der Waals surface area (Å²) >= 11 is 1.96. The lowest BCUT2D eigenvalue weighted by molar-refractivity contribution is -0.136. The highest BCUT2D eigenvalue weighted by molar-refractivity contribution is 8.00. The van der Waals surface area contributed by atoms with E-state index in [0.29, 0.717) is 22.6 Å². The highest BCUT2D eigenvalue weighted by atomic mass is 32.2. The van der Waals surface area contributed by atoms with E-state index in [-0.39, 0.29) is 0 Å². The van der Waals surface area contributed by atoms with Gasteiger partial charge in [0, 0.05) is 4.75 Å². The SMILES string of the molecule is CSC1(C2NC(=O)C2C2CC2)CC1. The summed E-state index contributed by atoms with van der Waals surface area (Å²) in [4.78, 5) is 11.4. The molecule has 2 saturated carbocycles. The molecule has 3 rings (SSSR count). The molecule has 1 N–H and O–H groups in total. The monoisotopic (exact) mass is 197 g/mol. The van der Waals surface area contributed by atoms with Crippen LogP contribution >= 0.6 is 11.8 Å². The van der Waals surface area contributed by atoms with E-state index >= 15 is 0 Å². The first-order valence-corrected chi connectivity index (χ1v) is 6.35. The number of rotatable bonds is 3. The molecule has 0 radical (unpaired) electrons. The van der Waals surface area contributed by atoms with Gasteiger partial charge in [0.15, 0.2) is 0 Å². The Bertz CT molecular complexity index is 258. The first-order chi connectivity index (χ1) is 6.27. The van der Waals surface area contributed by atoms with E-state index in [4.69, 9.17) is 0 Å². The van der Waals surface area contributed by atoms with Crippen molar-refractivity contribution < 1.29 is 4.79 Å². The summed E-state index contributed by atoms with van der Waals surface area (Å²) in [7, 11) is 0. The fraction of sp³-hybridized carbons (Fsp3) is 0.900. The summed E-state index contributed by atoms with van der Waals surface area (Å²) in [5, 5.41) is 3.11. The van der Waals surface area contributed by atoms with Gasteiger partial charge in [-0.25, -0.2) is 0 Å². The summed E-state index contributed by atoms with van der Waals surface area (Å²) in [6, 6.07) is 0.516. The Morgan fingerprint density at radius 1 is 1.46 bits per heavy atom. The molecule has 1 saturated heterocycles. The third kappa shape index (κ3) is 1.06. The fourth-order valence-electron chi connectivity index (χ4n) is 2.56. The van der Waals surface area contributed by atoms with Crippen molar-refractivity contribution in [3.63, 3.8) is 0 Å². The van der Waals surface area contributed by atoms with Crippen LogP contribution in [-0.4, -0.2) is 23.0 Å². The van der Waals surface area contributed by atoms with Crippen LogP contribution in [0.15, 0.2) is 0 Å². The molecule has 1 amide bonds. The first kappa shape index (κ1) is 8.16. The van der Waals surface area contributed by atoms with Gasteiger partial charge in [0.25, 0.3) is 0 Å². The molecule has 2 nitrogen and oxygen atoms in total. The number of nitrogens with one attached hydrogen (secondary N) is 1. The van der Waals surface area contributed by atoms with Crippen LogP contribution in [0.4, 0.5) is 0 Å². The minimum Gasteiger partial charge on any atom is -0.351 e. The molecule has 0 bridgehead atoms. The molecule has 1 aliphatic heterocycles. The Kier molecular flexibility index (Phi) is 1.53. The largest absolute Gasteiger partial charge is 0.351 e. The summed E-state index contributed by atoms with van der Waals surface area (Å²) < 4.78 is 0.446. The van der Waals surface area contributed by atoms with E-state index in [9.17, 15) is 4.79 Å². The van der Waals surface area contributed by atoms with Crippen molar-refractivity contribution in [1.82, 2.24) is 5.32 Å². The van der Waals surface area contributed by atoms with Crippen LogP contribution in [0.1, 0.15) is 25.7 Å². The number of carbonyl (C=O) groups is 1. The maximum Gasteiger partial charge on any atom is 0.225 e. The van der Waals surface area contributed by atoms with Crippen molar-refractivity contribution in [3.8, 4) is 0 Å². The highest BCUT2D eigenvalue weighted by Gasteiger charge is 2.61. The number of carbonyl (C=O) groups excluding carboxylic acids is 1. The molecule has 1 heterocycles. The number of β-lactam (4-membered cyclic amide) rings is 1. The molecule has 2 aliphatic carbocycles. The van der Waals surface area contributed by atoms with Crippen LogP contribution < -0.4 is 5.32 Å². The second-order valence-electron chi connectivity index (χ2n) is 4.62. The van der Waals surface area contributed by atoms with Crippen LogP contribution in [0, 0.1) is 11.8 Å². The van der Waals surface area contributed by atoms with Crippen LogP contribution in [0.3, 0.4) is 0 Å². The Hall–Kier alpha value is -0.180. The van der Waals surface area contributed by atoms with Crippen molar-refractivity contribution in [2.75, 3.05) is 6.26 Å². The molecule has 13 heavy (non-hydrogen) atoms. The van der Waals surface area contributed by atoms with E-state index in [1.165, 1.54) is 25.7 Å². The van der Waals surface area contributed by atoms with Crippen LogP contribution in [-0.2, 0) is 4.79 Å². The lowest BCUT2D eigenvalue weighted by Crippen LogP contribution is -2.64. The summed E-state index contributed by atoms with van der Waals surface area (Å²) in [5.74, 6) is 1.45. The number of hydrogen-bond acceptors (Lipinski definition) is 2. The predicted molar refractivity (Wildman–Crippen MR) is 53.6 cm³/mol. The Labute approximate surface area is 82.8 Å². The number of hydrogen-bond donors (Lipinski definition) is 1. The number of thioether (sulfide) groups is 1. The number of amides is 1. The smallest absolute Gasteiger partial charge is 0.225 e. The molecule has 0 spiro atoms. The topological polar surface area (TPSA) is 29.1 Å². The van der Waals surface area contributed by atoms with Gasteiger partial charge in [0.2, 0.25) is 5.91 Å². The molecule has 0 aromatic heterocycles. The molecule has 3 fully saturated rings. The minimum absolute atomic E-state index is 0.327. The zero-order valence-corrected chi connectivity index (χ0v) is 8.69. The van der Waals surface area contributed by atoms with Gasteiger partial charge in [0.1, 0.15) is 0 Å². The van der Waals surface area contributed by atoms with E-state index in [1.54, 1.807) is 0 Å². The van der Waals surface area contributed by atoms with Crippen molar-refractivity contribution in [2.24, 2.45) is 11.8 Å². The van der Waals surface area contributed by atoms with Gasteiger partial charge >= 0.3 is 0 Å². The quantitative estimate of drug-likeness (QED) is 0.693. The molecular formula is C10H15NOS. The Morgan fingerprint density at radius 3 is 2.54 bits per heavy atom. The van der Waals surface area contributed by atoms with Gasteiger partial charge in [-0.05, 0) is 37.9 Å². The van der Waals surface area contributed by atoms with Gasteiger partial charge in [-0.15, -0.1) is 0 Å². The molecular weight excluding hydrogens is 182 g/mol. The Balaban J connectivity index is 1.75. The van der Waals surface area contributed by atoms with Gasteiger partial charge in [-0.2, -0.15) is 11.8 Å². The maximum absolute atomic E-state index is 11.4. The molecule has 2 unspecified atom stereocenters. The first-order valence-electron chi connectivity index (χ1n) is 5.12. The van der Waals surface area contributed by atoms with Crippen molar-refractivity contribution >= 4 is 17.7 Å². The minimum atomic E-state index is 0.327. The molecule has 72 valence electrons. The average molecular weight is 197 g/mol. The Morgan fingerprint density at radius 2 is 2.15 bits per heavy atom. The van der Waals surface area contributed by atoms with E-state index in [0.717, 1.165) is 5.92 Å². The normalized spacial score (nSPS) is 40.8. The van der Waals surface area contributed by atoms with Crippen LogP contribution in [0.25, 0.3) is 0 Å². The van der Waals surface area contributed by atoms with E-state index < -0.39 is 0 Å². The summed E-state index contributed by atoms with van der Waals surface area (Å²) in [6.07, 6.45) is 7.38. The van der Waals surface area contributed by atoms with Gasteiger partial charge in [-0.1, -0.05) is 0 Å². The van der Waals surface area contributed by atoms with Crippen LogP contribution in [0.2, 0.25) is 0 Å². The fourth-order valence-corrected chi connectivity index (χ4v) is 3.53. The summed E-state index contributed by atoms with van der Waals surface area (Å²) in [6.45, 7) is 0.